The second kappa shape index (κ2) is 10.2. The molecule has 0 radical (unpaired) electrons. The lowest BCUT2D eigenvalue weighted by molar-refractivity contribution is -0.118. The van der Waals surface area contributed by atoms with Gasteiger partial charge in [-0.1, -0.05) is 17.4 Å². The smallest absolute Gasteiger partial charge is 0.230 e. The largest absolute Gasteiger partial charge is 0.497 e. The van der Waals surface area contributed by atoms with E-state index in [4.69, 9.17) is 9.47 Å². The summed E-state index contributed by atoms with van der Waals surface area (Å²) in [5.41, 5.74) is 1.37. The van der Waals surface area contributed by atoms with Crippen LogP contribution in [0.1, 0.15) is 12.1 Å². The molecule has 4 rings (SSSR count). The summed E-state index contributed by atoms with van der Waals surface area (Å²) in [4.78, 5) is 23.8. The molecule has 0 fully saturated rings. The van der Waals surface area contributed by atoms with Gasteiger partial charge in [0.25, 0.3) is 0 Å². The molecule has 2 aromatic heterocycles. The van der Waals surface area contributed by atoms with Crippen LogP contribution in [0.2, 0.25) is 0 Å². The average molecular weight is 498 g/mol. The van der Waals surface area contributed by atoms with Gasteiger partial charge in [-0.25, -0.2) is 13.4 Å². The van der Waals surface area contributed by atoms with E-state index in [1.165, 1.54) is 35.5 Å². The first-order valence-electron chi connectivity index (χ1n) is 10.4. The lowest BCUT2D eigenvalue weighted by Crippen LogP contribution is -2.32. The predicted molar refractivity (Wildman–Crippen MR) is 131 cm³/mol. The summed E-state index contributed by atoms with van der Waals surface area (Å²) >= 11 is 1.35. The third-order valence-electron chi connectivity index (χ3n) is 5.16. The van der Waals surface area contributed by atoms with Crippen molar-refractivity contribution in [2.75, 3.05) is 24.9 Å². The second-order valence-corrected chi connectivity index (χ2v) is 10.5. The first-order valence-corrected chi connectivity index (χ1v) is 12.9. The van der Waals surface area contributed by atoms with Crippen LogP contribution in [0.4, 0.5) is 5.13 Å². The first-order chi connectivity index (χ1) is 16.4. The van der Waals surface area contributed by atoms with Crippen molar-refractivity contribution in [1.82, 2.24) is 9.97 Å². The predicted octanol–water partition coefficient (Wildman–Crippen LogP) is 4.11. The lowest BCUT2D eigenvalue weighted by atomic mass is 10.3. The Morgan fingerprint density at radius 1 is 1.00 bits per heavy atom. The molecule has 0 N–H and O–H groups in total. The third-order valence-corrected chi connectivity index (χ3v) is 7.96. The van der Waals surface area contributed by atoms with Crippen LogP contribution < -0.4 is 14.4 Å². The van der Waals surface area contributed by atoms with Gasteiger partial charge in [0.2, 0.25) is 5.91 Å². The molecule has 0 unspecified atom stereocenters. The summed E-state index contributed by atoms with van der Waals surface area (Å²) in [6.07, 6.45) is 1.45. The highest BCUT2D eigenvalue weighted by atomic mass is 32.2. The SMILES string of the molecule is COc1ccc(S(=O)(=O)CCC(=O)N(Cc2ccccn2)c2nc3cc(OC)ccc3s2)cc1. The number of anilines is 1. The molecule has 0 spiro atoms. The molecule has 0 saturated carbocycles. The van der Waals surface area contributed by atoms with E-state index in [1.807, 2.05) is 24.3 Å². The fourth-order valence-corrected chi connectivity index (χ4v) is 5.50. The highest BCUT2D eigenvalue weighted by molar-refractivity contribution is 7.91. The van der Waals surface area contributed by atoms with Crippen molar-refractivity contribution in [2.45, 2.75) is 17.9 Å². The van der Waals surface area contributed by atoms with Crippen LogP contribution in [0.3, 0.4) is 0 Å². The van der Waals surface area contributed by atoms with Crippen molar-refractivity contribution in [2.24, 2.45) is 0 Å². The van der Waals surface area contributed by atoms with Crippen molar-refractivity contribution in [1.29, 1.82) is 0 Å². The summed E-state index contributed by atoms with van der Waals surface area (Å²) < 4.78 is 36.9. The Balaban J connectivity index is 1.58. The Bertz CT molecular complexity index is 1390. The number of ether oxygens (including phenoxy) is 2. The van der Waals surface area contributed by atoms with Crippen LogP contribution in [0.5, 0.6) is 11.5 Å². The normalized spacial score (nSPS) is 11.4. The molecule has 2 aromatic carbocycles. The van der Waals surface area contributed by atoms with Gasteiger partial charge in [0.1, 0.15) is 11.5 Å². The summed E-state index contributed by atoms with van der Waals surface area (Å²) in [7, 11) is -0.566. The van der Waals surface area contributed by atoms with Crippen molar-refractivity contribution < 1.29 is 22.7 Å². The molecule has 10 heteroatoms. The summed E-state index contributed by atoms with van der Waals surface area (Å²) in [5, 5.41) is 0.473. The number of rotatable bonds is 9. The number of pyridine rings is 1. The van der Waals surface area contributed by atoms with Crippen LogP contribution in [0.15, 0.2) is 71.8 Å². The molecular formula is C24H23N3O5S2. The van der Waals surface area contributed by atoms with Gasteiger partial charge in [-0.05, 0) is 48.5 Å². The van der Waals surface area contributed by atoms with Gasteiger partial charge < -0.3 is 9.47 Å². The number of carbonyl (C=O) groups is 1. The van der Waals surface area contributed by atoms with Gasteiger partial charge >= 0.3 is 0 Å². The Morgan fingerprint density at radius 3 is 2.41 bits per heavy atom. The number of benzene rings is 2. The van der Waals surface area contributed by atoms with E-state index in [9.17, 15) is 13.2 Å². The molecule has 2 heterocycles. The zero-order valence-corrected chi connectivity index (χ0v) is 20.3. The van der Waals surface area contributed by atoms with Gasteiger partial charge in [-0.3, -0.25) is 14.7 Å². The average Bonchev–Trinajstić information content (AvgIpc) is 3.29. The topological polar surface area (TPSA) is 98.7 Å². The van der Waals surface area contributed by atoms with Gasteiger partial charge in [-0.2, -0.15) is 0 Å². The van der Waals surface area contributed by atoms with Crippen molar-refractivity contribution in [3.05, 3.63) is 72.6 Å². The molecular weight excluding hydrogens is 474 g/mol. The zero-order chi connectivity index (χ0) is 24.1. The molecule has 0 aliphatic heterocycles. The molecule has 8 nitrogen and oxygen atoms in total. The minimum absolute atomic E-state index is 0.143. The lowest BCUT2D eigenvalue weighted by Gasteiger charge is -2.19. The number of fused-ring (bicyclic) bond motifs is 1. The highest BCUT2D eigenvalue weighted by Crippen LogP contribution is 2.32. The van der Waals surface area contributed by atoms with Crippen molar-refractivity contribution in [3.63, 3.8) is 0 Å². The summed E-state index contributed by atoms with van der Waals surface area (Å²) in [5.74, 6) is 0.547. The number of thiazole rings is 1. The van der Waals surface area contributed by atoms with Crippen LogP contribution in [-0.2, 0) is 21.2 Å². The number of hydrogen-bond acceptors (Lipinski definition) is 8. The van der Waals surface area contributed by atoms with Gasteiger partial charge in [0.05, 0.1) is 47.3 Å². The second-order valence-electron chi connectivity index (χ2n) is 7.38. The van der Waals surface area contributed by atoms with E-state index >= 15 is 0 Å². The Hall–Kier alpha value is -3.50. The van der Waals surface area contributed by atoms with E-state index in [0.717, 1.165) is 4.70 Å². The molecule has 0 saturated heterocycles. The van der Waals surface area contributed by atoms with E-state index in [-0.39, 0.29) is 29.5 Å². The minimum atomic E-state index is -3.65. The fourth-order valence-electron chi connectivity index (χ4n) is 3.31. The molecule has 0 aliphatic rings. The van der Waals surface area contributed by atoms with Crippen LogP contribution in [0.25, 0.3) is 10.2 Å². The standard InChI is InChI=1S/C24H23N3O5S2/c1-31-18-6-9-20(10-7-18)34(29,30)14-12-23(28)27(16-17-5-3-4-13-25-17)24-26-21-15-19(32-2)8-11-22(21)33-24/h3-11,13,15H,12,14,16H2,1-2H3. The minimum Gasteiger partial charge on any atom is -0.497 e. The molecule has 34 heavy (non-hydrogen) atoms. The third kappa shape index (κ3) is 5.35. The van der Waals surface area contributed by atoms with E-state index in [0.29, 0.717) is 27.8 Å². The maximum Gasteiger partial charge on any atom is 0.230 e. The van der Waals surface area contributed by atoms with Crippen LogP contribution in [0, 0.1) is 0 Å². The summed E-state index contributed by atoms with van der Waals surface area (Å²) in [6.45, 7) is 0.180. The van der Waals surface area contributed by atoms with Gasteiger partial charge in [-0.15, -0.1) is 0 Å². The Morgan fingerprint density at radius 2 is 1.74 bits per heavy atom. The van der Waals surface area contributed by atoms with Crippen LogP contribution in [-0.4, -0.2) is 44.3 Å². The number of aromatic nitrogens is 2. The maximum atomic E-state index is 13.3. The number of carbonyl (C=O) groups excluding carboxylic acids is 1. The van der Waals surface area contributed by atoms with E-state index in [2.05, 4.69) is 9.97 Å². The number of hydrogen-bond donors (Lipinski definition) is 0. The van der Waals surface area contributed by atoms with E-state index in [1.54, 1.807) is 37.6 Å². The maximum absolute atomic E-state index is 13.3. The molecule has 176 valence electrons. The molecule has 0 aliphatic carbocycles. The quantitative estimate of drug-likeness (QED) is 0.343. The molecule has 0 bridgehead atoms. The van der Waals surface area contributed by atoms with Gasteiger partial charge in [0, 0.05) is 18.7 Å². The van der Waals surface area contributed by atoms with Gasteiger partial charge in [0.15, 0.2) is 15.0 Å². The molecule has 1 amide bonds. The number of amides is 1. The molecule has 0 atom stereocenters. The van der Waals surface area contributed by atoms with Crippen molar-refractivity contribution >= 4 is 42.4 Å². The van der Waals surface area contributed by atoms with E-state index < -0.39 is 9.84 Å². The molecule has 4 aromatic rings. The Labute approximate surface area is 201 Å². The Kier molecular flexibility index (Phi) is 7.09. The highest BCUT2D eigenvalue weighted by Gasteiger charge is 2.24. The van der Waals surface area contributed by atoms with Crippen molar-refractivity contribution in [3.8, 4) is 11.5 Å². The number of methoxy groups -OCH3 is 2. The number of sulfone groups is 1. The summed E-state index contributed by atoms with van der Waals surface area (Å²) in [6, 6.07) is 17.1. The first kappa shape index (κ1) is 23.7. The fraction of sp³-hybridized carbons (Fsp3) is 0.208. The zero-order valence-electron chi connectivity index (χ0n) is 18.7. The number of nitrogens with zero attached hydrogens (tertiary/aromatic N) is 3. The monoisotopic (exact) mass is 497 g/mol. The van der Waals surface area contributed by atoms with Crippen LogP contribution >= 0.6 is 11.3 Å².